The van der Waals surface area contributed by atoms with Crippen molar-refractivity contribution in [2.75, 3.05) is 40.0 Å². The summed E-state index contributed by atoms with van der Waals surface area (Å²) in [4.78, 5) is 2.33. The predicted molar refractivity (Wildman–Crippen MR) is 85.8 cm³/mol. The first-order valence-electron chi connectivity index (χ1n) is 7.98. The molecule has 1 aromatic carbocycles. The smallest absolute Gasteiger partial charge is 0.119 e. The maximum Gasteiger partial charge on any atom is 0.119 e. The van der Waals surface area contributed by atoms with Crippen molar-refractivity contribution in [2.45, 2.75) is 32.4 Å². The predicted octanol–water partition coefficient (Wildman–Crippen LogP) is 2.29. The van der Waals surface area contributed by atoms with E-state index >= 15 is 0 Å². The van der Waals surface area contributed by atoms with Gasteiger partial charge in [0.2, 0.25) is 0 Å². The average molecular weight is 292 g/mol. The molecule has 4 nitrogen and oxygen atoms in total. The van der Waals surface area contributed by atoms with Crippen LogP contribution < -0.4 is 10.1 Å². The molecule has 2 rings (SSSR count). The molecule has 1 fully saturated rings. The normalized spacial score (nSPS) is 14.6. The van der Waals surface area contributed by atoms with Gasteiger partial charge in [0.05, 0.1) is 6.61 Å². The molecule has 1 aliphatic rings. The second-order valence-corrected chi connectivity index (χ2v) is 5.57. The Morgan fingerprint density at radius 2 is 1.86 bits per heavy atom. The molecule has 1 aromatic rings. The molecular formula is C17H28N2O2. The lowest BCUT2D eigenvalue weighted by Crippen LogP contribution is -2.31. The standard InChI is InChI=1S/C17H28N2O2/c1-3-19(10-12-20-2)11-13-21-17-8-4-15(5-9-17)14-18-16-6-7-16/h4-5,8-9,16,18H,3,6-7,10-14H2,1-2H3. The molecule has 0 unspecified atom stereocenters. The van der Waals surface area contributed by atoms with Crippen molar-refractivity contribution >= 4 is 0 Å². The molecule has 1 saturated carbocycles. The summed E-state index contributed by atoms with van der Waals surface area (Å²) in [5.74, 6) is 0.952. The molecule has 0 aromatic heterocycles. The Labute approximate surface area is 128 Å². The molecule has 1 aliphatic carbocycles. The summed E-state index contributed by atoms with van der Waals surface area (Å²) in [5, 5.41) is 3.52. The molecule has 0 bridgehead atoms. The molecule has 118 valence electrons. The monoisotopic (exact) mass is 292 g/mol. The summed E-state index contributed by atoms with van der Waals surface area (Å²) in [6, 6.07) is 9.18. The molecule has 0 aliphatic heterocycles. The van der Waals surface area contributed by atoms with Crippen LogP contribution in [0.25, 0.3) is 0 Å². The fourth-order valence-electron chi connectivity index (χ4n) is 2.19. The third-order valence-electron chi connectivity index (χ3n) is 3.83. The number of likely N-dealkylation sites (N-methyl/N-ethyl adjacent to an activating group) is 1. The van der Waals surface area contributed by atoms with Gasteiger partial charge >= 0.3 is 0 Å². The number of nitrogens with one attached hydrogen (secondary N) is 1. The van der Waals surface area contributed by atoms with Gasteiger partial charge in [0.1, 0.15) is 12.4 Å². The number of hydrogen-bond donors (Lipinski definition) is 1. The lowest BCUT2D eigenvalue weighted by Gasteiger charge is -2.19. The fraction of sp³-hybridized carbons (Fsp3) is 0.647. The summed E-state index contributed by atoms with van der Waals surface area (Å²) in [6.45, 7) is 7.54. The van der Waals surface area contributed by atoms with Gasteiger partial charge in [-0.05, 0) is 37.1 Å². The van der Waals surface area contributed by atoms with E-state index in [1.165, 1.54) is 18.4 Å². The third kappa shape index (κ3) is 6.46. The van der Waals surface area contributed by atoms with Crippen LogP contribution in [0.5, 0.6) is 5.75 Å². The van der Waals surface area contributed by atoms with Crippen molar-refractivity contribution in [3.8, 4) is 5.75 Å². The summed E-state index contributed by atoms with van der Waals surface area (Å²) >= 11 is 0. The molecule has 0 saturated heterocycles. The number of methoxy groups -OCH3 is 1. The van der Waals surface area contributed by atoms with E-state index in [2.05, 4.69) is 41.4 Å². The van der Waals surface area contributed by atoms with E-state index < -0.39 is 0 Å². The first-order valence-corrected chi connectivity index (χ1v) is 7.98. The number of ether oxygens (including phenoxy) is 2. The average Bonchev–Trinajstić information content (AvgIpc) is 3.34. The van der Waals surface area contributed by atoms with Crippen LogP contribution in [0.15, 0.2) is 24.3 Å². The van der Waals surface area contributed by atoms with Crippen LogP contribution in [-0.4, -0.2) is 50.9 Å². The van der Waals surface area contributed by atoms with Crippen LogP contribution >= 0.6 is 0 Å². The summed E-state index contributed by atoms with van der Waals surface area (Å²) < 4.78 is 10.9. The summed E-state index contributed by atoms with van der Waals surface area (Å²) in [6.07, 6.45) is 2.66. The van der Waals surface area contributed by atoms with Gasteiger partial charge < -0.3 is 14.8 Å². The first-order chi connectivity index (χ1) is 10.3. The van der Waals surface area contributed by atoms with Gasteiger partial charge in [0, 0.05) is 32.8 Å². The second kappa shape index (κ2) is 9.03. The van der Waals surface area contributed by atoms with Crippen LogP contribution in [0.4, 0.5) is 0 Å². The Morgan fingerprint density at radius 3 is 2.48 bits per heavy atom. The van der Waals surface area contributed by atoms with Crippen molar-refractivity contribution < 1.29 is 9.47 Å². The highest BCUT2D eigenvalue weighted by atomic mass is 16.5. The quantitative estimate of drug-likeness (QED) is 0.678. The fourth-order valence-corrected chi connectivity index (χ4v) is 2.19. The molecule has 0 spiro atoms. The highest BCUT2D eigenvalue weighted by Gasteiger charge is 2.19. The Hall–Kier alpha value is -1.10. The van der Waals surface area contributed by atoms with E-state index in [1.54, 1.807) is 7.11 Å². The minimum Gasteiger partial charge on any atom is -0.492 e. The topological polar surface area (TPSA) is 33.7 Å². The van der Waals surface area contributed by atoms with Gasteiger partial charge in [-0.15, -0.1) is 0 Å². The first kappa shape index (κ1) is 16.3. The summed E-state index contributed by atoms with van der Waals surface area (Å²) in [7, 11) is 1.74. The van der Waals surface area contributed by atoms with Crippen LogP contribution in [0, 0.1) is 0 Å². The molecule has 0 amide bonds. The number of benzene rings is 1. The van der Waals surface area contributed by atoms with E-state index in [-0.39, 0.29) is 0 Å². The van der Waals surface area contributed by atoms with Gasteiger partial charge in [-0.3, -0.25) is 4.90 Å². The van der Waals surface area contributed by atoms with E-state index in [0.29, 0.717) is 0 Å². The molecule has 21 heavy (non-hydrogen) atoms. The zero-order valence-electron chi connectivity index (χ0n) is 13.3. The lowest BCUT2D eigenvalue weighted by molar-refractivity contribution is 0.138. The highest BCUT2D eigenvalue weighted by molar-refractivity contribution is 5.27. The zero-order valence-corrected chi connectivity index (χ0v) is 13.3. The van der Waals surface area contributed by atoms with Crippen molar-refractivity contribution in [2.24, 2.45) is 0 Å². The molecule has 4 heteroatoms. The van der Waals surface area contributed by atoms with Crippen molar-refractivity contribution in [1.29, 1.82) is 0 Å². The van der Waals surface area contributed by atoms with Crippen LogP contribution in [0.1, 0.15) is 25.3 Å². The van der Waals surface area contributed by atoms with Crippen molar-refractivity contribution in [3.05, 3.63) is 29.8 Å². The van der Waals surface area contributed by atoms with Crippen LogP contribution in [-0.2, 0) is 11.3 Å². The number of rotatable bonds is 11. The zero-order chi connectivity index (χ0) is 14.9. The molecule has 0 atom stereocenters. The van der Waals surface area contributed by atoms with Crippen LogP contribution in [0.3, 0.4) is 0 Å². The molecule has 0 radical (unpaired) electrons. The van der Waals surface area contributed by atoms with Gasteiger partial charge in [-0.25, -0.2) is 0 Å². The molecule has 0 heterocycles. The molecule has 1 N–H and O–H groups in total. The Kier molecular flexibility index (Phi) is 7.00. The molecular weight excluding hydrogens is 264 g/mol. The van der Waals surface area contributed by atoms with Gasteiger partial charge in [-0.1, -0.05) is 19.1 Å². The van der Waals surface area contributed by atoms with Crippen LogP contribution in [0.2, 0.25) is 0 Å². The lowest BCUT2D eigenvalue weighted by atomic mass is 10.2. The number of nitrogens with zero attached hydrogens (tertiary/aromatic N) is 1. The minimum atomic E-state index is 0.719. The van der Waals surface area contributed by atoms with Crippen molar-refractivity contribution in [3.63, 3.8) is 0 Å². The highest BCUT2D eigenvalue weighted by Crippen LogP contribution is 2.19. The van der Waals surface area contributed by atoms with E-state index in [4.69, 9.17) is 9.47 Å². The summed E-state index contributed by atoms with van der Waals surface area (Å²) in [5.41, 5.74) is 1.32. The largest absolute Gasteiger partial charge is 0.492 e. The van der Waals surface area contributed by atoms with Gasteiger partial charge in [-0.2, -0.15) is 0 Å². The SMILES string of the molecule is CCN(CCOC)CCOc1ccc(CNC2CC2)cc1. The van der Waals surface area contributed by atoms with E-state index in [0.717, 1.165) is 51.2 Å². The van der Waals surface area contributed by atoms with E-state index in [1.807, 2.05) is 0 Å². The van der Waals surface area contributed by atoms with E-state index in [9.17, 15) is 0 Å². The Bertz CT molecular complexity index is 390. The minimum absolute atomic E-state index is 0.719. The Morgan fingerprint density at radius 1 is 1.14 bits per heavy atom. The maximum absolute atomic E-state index is 5.81. The maximum atomic E-state index is 5.81. The van der Waals surface area contributed by atoms with Crippen molar-refractivity contribution in [1.82, 2.24) is 10.2 Å². The Balaban J connectivity index is 1.64. The third-order valence-corrected chi connectivity index (χ3v) is 3.83. The van der Waals surface area contributed by atoms with Gasteiger partial charge in [0.25, 0.3) is 0 Å². The number of hydrogen-bond acceptors (Lipinski definition) is 4. The van der Waals surface area contributed by atoms with Gasteiger partial charge in [0.15, 0.2) is 0 Å². The second-order valence-electron chi connectivity index (χ2n) is 5.57.